The number of ether oxygens (including phenoxy) is 1. The molecule has 0 N–H and O–H groups in total. The number of hydrogen-bond acceptors (Lipinski definition) is 2. The first kappa shape index (κ1) is 20.6. The lowest BCUT2D eigenvalue weighted by atomic mass is 10.0. The molecule has 3 heteroatoms. The molecule has 0 radical (unpaired) electrons. The predicted molar refractivity (Wildman–Crippen MR) is 124 cm³/mol. The second-order valence-electron chi connectivity index (χ2n) is 8.21. The van der Waals surface area contributed by atoms with Crippen molar-refractivity contribution < 1.29 is 4.74 Å². The molecule has 1 aliphatic carbocycles. The van der Waals surface area contributed by atoms with Gasteiger partial charge in [-0.05, 0) is 45.0 Å². The standard InChI is InChI=1S/C25H30NOP/c1-19-11-10-16-23(24(19)27-18-20-12-6-5-7-13-20)28-22-15-9-8-14-21(22)17-26-25(2,3)4/h5-12,14-17,20,28H,13,18H2,1-4H3. The van der Waals surface area contributed by atoms with Crippen molar-refractivity contribution in [1.82, 2.24) is 0 Å². The summed E-state index contributed by atoms with van der Waals surface area (Å²) in [6, 6.07) is 15.0. The van der Waals surface area contributed by atoms with Gasteiger partial charge in [-0.1, -0.05) is 75.3 Å². The van der Waals surface area contributed by atoms with Crippen LogP contribution in [0.5, 0.6) is 5.75 Å². The van der Waals surface area contributed by atoms with Crippen molar-refractivity contribution in [3.8, 4) is 5.75 Å². The van der Waals surface area contributed by atoms with Crippen LogP contribution in [0.3, 0.4) is 0 Å². The van der Waals surface area contributed by atoms with Gasteiger partial charge in [0.25, 0.3) is 0 Å². The lowest BCUT2D eigenvalue weighted by molar-refractivity contribution is 0.276. The van der Waals surface area contributed by atoms with Crippen LogP contribution in [0.15, 0.2) is 71.8 Å². The zero-order chi connectivity index (χ0) is 20.0. The topological polar surface area (TPSA) is 21.6 Å². The highest BCUT2D eigenvalue weighted by Gasteiger charge is 2.13. The van der Waals surface area contributed by atoms with Crippen LogP contribution in [0, 0.1) is 12.8 Å². The third kappa shape index (κ3) is 5.91. The van der Waals surface area contributed by atoms with Gasteiger partial charge in [-0.3, -0.25) is 4.99 Å². The van der Waals surface area contributed by atoms with Crippen molar-refractivity contribution >= 4 is 25.4 Å². The molecule has 2 atom stereocenters. The van der Waals surface area contributed by atoms with Crippen LogP contribution in [0.2, 0.25) is 0 Å². The number of para-hydroxylation sites is 1. The van der Waals surface area contributed by atoms with Crippen LogP contribution in [0.4, 0.5) is 0 Å². The number of benzene rings is 2. The van der Waals surface area contributed by atoms with Crippen molar-refractivity contribution in [3.05, 3.63) is 77.9 Å². The predicted octanol–water partition coefficient (Wildman–Crippen LogP) is 5.35. The molecule has 28 heavy (non-hydrogen) atoms. The Labute approximate surface area is 171 Å². The number of hydrogen-bond donors (Lipinski definition) is 0. The Balaban J connectivity index is 1.81. The molecule has 0 aliphatic heterocycles. The zero-order valence-corrected chi connectivity index (χ0v) is 18.3. The lowest BCUT2D eigenvalue weighted by Crippen LogP contribution is -2.17. The summed E-state index contributed by atoms with van der Waals surface area (Å²) in [7, 11) is 0.535. The van der Waals surface area contributed by atoms with Crippen LogP contribution in [-0.2, 0) is 0 Å². The fraction of sp³-hybridized carbons (Fsp3) is 0.320. The van der Waals surface area contributed by atoms with Gasteiger partial charge in [0.15, 0.2) is 0 Å². The summed E-state index contributed by atoms with van der Waals surface area (Å²) in [6.07, 6.45) is 11.7. The van der Waals surface area contributed by atoms with E-state index in [1.807, 2.05) is 6.21 Å². The molecule has 0 bridgehead atoms. The summed E-state index contributed by atoms with van der Waals surface area (Å²) in [5.74, 6) is 1.48. The summed E-state index contributed by atoms with van der Waals surface area (Å²) < 4.78 is 6.32. The van der Waals surface area contributed by atoms with E-state index in [0.29, 0.717) is 14.5 Å². The van der Waals surface area contributed by atoms with Crippen molar-refractivity contribution in [2.45, 2.75) is 39.7 Å². The maximum absolute atomic E-state index is 6.32. The fourth-order valence-electron chi connectivity index (χ4n) is 3.02. The maximum Gasteiger partial charge on any atom is 0.129 e. The van der Waals surface area contributed by atoms with Crippen molar-refractivity contribution in [3.63, 3.8) is 0 Å². The van der Waals surface area contributed by atoms with Gasteiger partial charge in [-0.15, -0.1) is 0 Å². The summed E-state index contributed by atoms with van der Waals surface area (Å²) in [5, 5.41) is 2.55. The Hall–Kier alpha value is -2.18. The van der Waals surface area contributed by atoms with Crippen LogP contribution in [0.25, 0.3) is 0 Å². The molecular formula is C25H30NOP. The van der Waals surface area contributed by atoms with Crippen LogP contribution < -0.4 is 15.3 Å². The minimum atomic E-state index is -0.0736. The van der Waals surface area contributed by atoms with E-state index in [2.05, 4.69) is 94.5 Å². The van der Waals surface area contributed by atoms with Gasteiger partial charge in [-0.25, -0.2) is 0 Å². The summed E-state index contributed by atoms with van der Waals surface area (Å²) in [4.78, 5) is 4.70. The summed E-state index contributed by atoms with van der Waals surface area (Å²) in [6.45, 7) is 9.21. The second-order valence-corrected chi connectivity index (χ2v) is 9.54. The first-order valence-corrected chi connectivity index (χ1v) is 10.9. The lowest BCUT2D eigenvalue weighted by Gasteiger charge is -2.19. The molecule has 0 saturated carbocycles. The van der Waals surface area contributed by atoms with Crippen LogP contribution >= 0.6 is 8.58 Å². The van der Waals surface area contributed by atoms with Gasteiger partial charge in [0.05, 0.1) is 12.1 Å². The monoisotopic (exact) mass is 391 g/mol. The molecule has 2 nitrogen and oxygen atoms in total. The SMILES string of the molecule is Cc1cccc(Pc2ccccc2C=NC(C)(C)C)c1OCC1C=CC=CC1. The minimum absolute atomic E-state index is 0.0736. The number of nitrogens with zero attached hydrogens (tertiary/aromatic N) is 1. The smallest absolute Gasteiger partial charge is 0.129 e. The fourth-order valence-corrected chi connectivity index (χ4v) is 4.34. The number of rotatable bonds is 6. The highest BCUT2D eigenvalue weighted by atomic mass is 31.1. The Morgan fingerprint density at radius 3 is 2.61 bits per heavy atom. The highest BCUT2D eigenvalue weighted by molar-refractivity contribution is 7.56. The average molecular weight is 391 g/mol. The zero-order valence-electron chi connectivity index (χ0n) is 17.3. The molecule has 146 valence electrons. The maximum atomic E-state index is 6.32. The molecule has 3 rings (SSSR count). The molecule has 0 amide bonds. The second kappa shape index (κ2) is 9.34. The first-order valence-electron chi connectivity index (χ1n) is 9.89. The van der Waals surface area contributed by atoms with Gasteiger partial charge in [-0.2, -0.15) is 0 Å². The number of aliphatic imine (C=N–C) groups is 1. The molecule has 2 unspecified atom stereocenters. The van der Waals surface area contributed by atoms with E-state index in [-0.39, 0.29) is 5.54 Å². The van der Waals surface area contributed by atoms with E-state index in [1.165, 1.54) is 21.7 Å². The van der Waals surface area contributed by atoms with Gasteiger partial charge in [0, 0.05) is 23.0 Å². The molecule has 0 saturated heterocycles. The van der Waals surface area contributed by atoms with Gasteiger partial charge < -0.3 is 4.74 Å². The Bertz CT molecular complexity index is 890. The summed E-state index contributed by atoms with van der Waals surface area (Å²) in [5.41, 5.74) is 2.31. The molecule has 0 spiro atoms. The third-order valence-electron chi connectivity index (χ3n) is 4.54. The summed E-state index contributed by atoms with van der Waals surface area (Å²) >= 11 is 0. The number of allylic oxidation sites excluding steroid dienone is 3. The quantitative estimate of drug-likeness (QED) is 0.480. The molecule has 0 aromatic heterocycles. The van der Waals surface area contributed by atoms with Crippen molar-refractivity contribution in [1.29, 1.82) is 0 Å². The van der Waals surface area contributed by atoms with E-state index in [9.17, 15) is 0 Å². The van der Waals surface area contributed by atoms with E-state index in [4.69, 9.17) is 9.73 Å². The van der Waals surface area contributed by atoms with Crippen LogP contribution in [-0.4, -0.2) is 18.4 Å². The molecule has 2 aromatic rings. The van der Waals surface area contributed by atoms with Crippen LogP contribution in [0.1, 0.15) is 38.3 Å². The normalized spacial score (nSPS) is 17.1. The molecule has 0 heterocycles. The Kier molecular flexibility index (Phi) is 6.86. The van der Waals surface area contributed by atoms with Crippen molar-refractivity contribution in [2.24, 2.45) is 10.9 Å². The van der Waals surface area contributed by atoms with Gasteiger partial charge in [0.2, 0.25) is 0 Å². The van der Waals surface area contributed by atoms with E-state index in [0.717, 1.165) is 18.8 Å². The largest absolute Gasteiger partial charge is 0.492 e. The Morgan fingerprint density at radius 2 is 1.86 bits per heavy atom. The minimum Gasteiger partial charge on any atom is -0.492 e. The number of aryl methyl sites for hydroxylation is 1. The first-order chi connectivity index (χ1) is 13.4. The Morgan fingerprint density at radius 1 is 1.07 bits per heavy atom. The molecule has 2 aromatic carbocycles. The van der Waals surface area contributed by atoms with E-state index < -0.39 is 0 Å². The van der Waals surface area contributed by atoms with Gasteiger partial charge >= 0.3 is 0 Å². The van der Waals surface area contributed by atoms with E-state index in [1.54, 1.807) is 0 Å². The highest BCUT2D eigenvalue weighted by Crippen LogP contribution is 2.25. The molecular weight excluding hydrogens is 361 g/mol. The molecule has 0 fully saturated rings. The van der Waals surface area contributed by atoms with E-state index >= 15 is 0 Å². The van der Waals surface area contributed by atoms with Crippen molar-refractivity contribution in [2.75, 3.05) is 6.61 Å². The average Bonchev–Trinajstić information content (AvgIpc) is 2.67. The van der Waals surface area contributed by atoms with Gasteiger partial charge in [0.1, 0.15) is 5.75 Å². The third-order valence-corrected chi connectivity index (χ3v) is 5.93. The molecule has 1 aliphatic rings.